The predicted octanol–water partition coefficient (Wildman–Crippen LogP) is 1.33. The Kier molecular flexibility index (Phi) is 4.44. The average Bonchev–Trinajstić information content (AvgIpc) is 2.37. The lowest BCUT2D eigenvalue weighted by Crippen LogP contribution is -2.10. The second kappa shape index (κ2) is 5.82. The fraction of sp³-hybridized carbons (Fsp3) is 0.300. The molecule has 0 heterocycles. The molecule has 0 aliphatic rings. The van der Waals surface area contributed by atoms with E-state index in [0.29, 0.717) is 0 Å². The van der Waals surface area contributed by atoms with Crippen LogP contribution in [0.15, 0.2) is 12.1 Å². The van der Waals surface area contributed by atoms with Crippen LogP contribution in [-0.4, -0.2) is 32.2 Å². The highest BCUT2D eigenvalue weighted by atomic mass is 17.2. The summed E-state index contributed by atoms with van der Waals surface area (Å²) in [5.41, 5.74) is -0.835. The van der Waals surface area contributed by atoms with Gasteiger partial charge in [-0.3, -0.25) is 10.1 Å². The van der Waals surface area contributed by atoms with Crippen LogP contribution < -0.4 is 9.62 Å². The van der Waals surface area contributed by atoms with Crippen molar-refractivity contribution in [3.05, 3.63) is 27.8 Å². The molecule has 0 aliphatic carbocycles. The second-order valence-corrected chi connectivity index (χ2v) is 2.99. The Bertz CT molecular complexity index is 472. The summed E-state index contributed by atoms with van der Waals surface area (Å²) >= 11 is 0. The van der Waals surface area contributed by atoms with Gasteiger partial charge in [0.15, 0.2) is 11.3 Å². The highest BCUT2D eigenvalue weighted by molar-refractivity contribution is 5.98. The van der Waals surface area contributed by atoms with Gasteiger partial charge in [-0.05, 0) is 6.07 Å². The number of nitrogens with zero attached hydrogens (tertiary/aromatic N) is 1. The van der Waals surface area contributed by atoms with Gasteiger partial charge in [-0.15, -0.1) is 0 Å². The molecular weight excluding hydrogens is 246 g/mol. The first-order chi connectivity index (χ1) is 8.56. The molecule has 0 spiro atoms. The van der Waals surface area contributed by atoms with E-state index >= 15 is 0 Å². The average molecular weight is 257 g/mol. The number of rotatable bonds is 5. The van der Waals surface area contributed by atoms with Crippen LogP contribution in [0.3, 0.4) is 0 Å². The summed E-state index contributed by atoms with van der Waals surface area (Å²) in [4.78, 5) is 30.9. The van der Waals surface area contributed by atoms with E-state index in [2.05, 4.69) is 9.62 Å². The van der Waals surface area contributed by atoms with Gasteiger partial charge >= 0.3 is 5.97 Å². The van der Waals surface area contributed by atoms with E-state index in [4.69, 9.17) is 9.62 Å². The number of nitro groups is 1. The van der Waals surface area contributed by atoms with Crippen LogP contribution >= 0.6 is 0 Å². The fourth-order valence-corrected chi connectivity index (χ4v) is 1.33. The van der Waals surface area contributed by atoms with E-state index in [1.807, 2.05) is 0 Å². The zero-order valence-electron chi connectivity index (χ0n) is 9.96. The Hall–Kier alpha value is -2.35. The predicted molar refractivity (Wildman–Crippen MR) is 58.6 cm³/mol. The Morgan fingerprint density at radius 3 is 2.39 bits per heavy atom. The molecule has 0 bridgehead atoms. The first-order valence-corrected chi connectivity index (χ1v) is 4.71. The zero-order chi connectivity index (χ0) is 13.7. The molecule has 0 amide bonds. The number of hydrogen-bond donors (Lipinski definition) is 0. The second-order valence-electron chi connectivity index (χ2n) is 2.99. The molecule has 0 aliphatic heterocycles. The monoisotopic (exact) mass is 257 g/mol. The molecule has 0 aromatic heterocycles. The number of esters is 1. The Labute approximate surface area is 102 Å². The van der Waals surface area contributed by atoms with Crippen molar-refractivity contribution in [3.63, 3.8) is 0 Å². The highest BCUT2D eigenvalue weighted by Gasteiger charge is 2.30. The van der Waals surface area contributed by atoms with Gasteiger partial charge in [0.25, 0.3) is 5.69 Å². The lowest BCUT2D eigenvalue weighted by molar-refractivity contribution is -0.385. The zero-order valence-corrected chi connectivity index (χ0v) is 9.96. The molecule has 0 saturated carbocycles. The van der Waals surface area contributed by atoms with Crippen LogP contribution in [0.4, 0.5) is 5.69 Å². The van der Waals surface area contributed by atoms with Crippen LogP contribution in [0.2, 0.25) is 0 Å². The molecule has 0 unspecified atom stereocenters. The first kappa shape index (κ1) is 13.7. The van der Waals surface area contributed by atoms with Crippen LogP contribution in [0.5, 0.6) is 11.5 Å². The third kappa shape index (κ3) is 2.48. The number of nitro benzene ring substituents is 1. The van der Waals surface area contributed by atoms with E-state index in [0.717, 1.165) is 13.2 Å². The molecule has 1 aromatic rings. The van der Waals surface area contributed by atoms with Crippen LogP contribution in [0.1, 0.15) is 10.4 Å². The molecule has 0 fully saturated rings. The maximum atomic E-state index is 11.6. The largest absolute Gasteiger partial charge is 0.493 e. The van der Waals surface area contributed by atoms with Crippen molar-refractivity contribution in [1.82, 2.24) is 0 Å². The van der Waals surface area contributed by atoms with Crippen LogP contribution in [0.25, 0.3) is 0 Å². The minimum atomic E-state index is -0.923. The lowest BCUT2D eigenvalue weighted by Gasteiger charge is -2.11. The number of ether oxygens (including phenoxy) is 2. The fourth-order valence-electron chi connectivity index (χ4n) is 1.33. The van der Waals surface area contributed by atoms with Gasteiger partial charge in [-0.25, -0.2) is 4.79 Å². The summed E-state index contributed by atoms with van der Waals surface area (Å²) in [6.45, 7) is 0. The summed E-state index contributed by atoms with van der Waals surface area (Å²) in [6.07, 6.45) is 0. The van der Waals surface area contributed by atoms with Crippen molar-refractivity contribution in [2.24, 2.45) is 0 Å². The Morgan fingerprint density at radius 2 is 1.94 bits per heavy atom. The van der Waals surface area contributed by atoms with Crippen LogP contribution in [0, 0.1) is 10.1 Å². The molecule has 1 aromatic carbocycles. The van der Waals surface area contributed by atoms with Crippen molar-refractivity contribution >= 4 is 11.7 Å². The molecule has 18 heavy (non-hydrogen) atoms. The van der Waals surface area contributed by atoms with Gasteiger partial charge in [0.1, 0.15) is 0 Å². The molecular formula is C10H11NO7. The molecule has 0 atom stereocenters. The summed E-state index contributed by atoms with van der Waals surface area (Å²) < 4.78 is 9.41. The number of carbonyl (C=O) groups is 1. The normalized spacial score (nSPS) is 9.72. The van der Waals surface area contributed by atoms with Crippen molar-refractivity contribution < 1.29 is 29.0 Å². The highest BCUT2D eigenvalue weighted by Crippen LogP contribution is 2.37. The smallest absolute Gasteiger partial charge is 0.349 e. The summed E-state index contributed by atoms with van der Waals surface area (Å²) in [5.74, 6) is -1.02. The van der Waals surface area contributed by atoms with E-state index in [1.54, 1.807) is 0 Å². The van der Waals surface area contributed by atoms with Gasteiger partial charge in [0.05, 0.1) is 26.3 Å². The van der Waals surface area contributed by atoms with E-state index in [-0.39, 0.29) is 17.1 Å². The number of carbonyl (C=O) groups excluding carboxylic acids is 1. The Balaban J connectivity index is 3.53. The maximum Gasteiger partial charge on any atom is 0.349 e. The third-order valence-electron chi connectivity index (χ3n) is 2.07. The van der Waals surface area contributed by atoms with Gasteiger partial charge in [0.2, 0.25) is 5.75 Å². The summed E-state index contributed by atoms with van der Waals surface area (Å²) in [6, 6.07) is 2.41. The molecule has 1 rings (SSSR count). The van der Waals surface area contributed by atoms with Gasteiger partial charge in [0, 0.05) is 6.07 Å². The standard InChI is InChI=1S/C10H11NO7/c1-15-7-5-4-6(11(13)14)8(10(12)16-2)9(7)18-17-3/h4-5H,1-3H3. The quantitative estimate of drug-likeness (QED) is 0.339. The molecule has 0 N–H and O–H groups in total. The topological polar surface area (TPSA) is 97.1 Å². The van der Waals surface area contributed by atoms with Gasteiger partial charge in [-0.1, -0.05) is 0 Å². The number of hydrogen-bond acceptors (Lipinski definition) is 7. The van der Waals surface area contributed by atoms with Crippen molar-refractivity contribution in [3.8, 4) is 11.5 Å². The molecule has 98 valence electrons. The molecule has 8 nitrogen and oxygen atoms in total. The minimum absolute atomic E-state index is 0.114. The van der Waals surface area contributed by atoms with E-state index in [9.17, 15) is 14.9 Å². The summed E-state index contributed by atoms with van der Waals surface area (Å²) in [5, 5.41) is 10.9. The number of methoxy groups -OCH3 is 2. The maximum absolute atomic E-state index is 11.6. The van der Waals surface area contributed by atoms with Gasteiger partial charge in [-0.2, -0.15) is 4.89 Å². The molecule has 8 heteroatoms. The van der Waals surface area contributed by atoms with Crippen LogP contribution in [-0.2, 0) is 9.62 Å². The SMILES string of the molecule is COOc1c(OC)ccc([N+](=O)[O-])c1C(=O)OC. The molecule has 0 radical (unpaired) electrons. The van der Waals surface area contributed by atoms with E-state index in [1.165, 1.54) is 20.3 Å². The van der Waals surface area contributed by atoms with E-state index < -0.39 is 16.6 Å². The first-order valence-electron chi connectivity index (χ1n) is 4.71. The van der Waals surface area contributed by atoms with Crippen molar-refractivity contribution in [1.29, 1.82) is 0 Å². The molecule has 0 saturated heterocycles. The Morgan fingerprint density at radius 1 is 1.28 bits per heavy atom. The minimum Gasteiger partial charge on any atom is -0.493 e. The van der Waals surface area contributed by atoms with Crippen molar-refractivity contribution in [2.75, 3.05) is 21.3 Å². The third-order valence-corrected chi connectivity index (χ3v) is 2.07. The van der Waals surface area contributed by atoms with Crippen molar-refractivity contribution in [2.45, 2.75) is 0 Å². The summed E-state index contributed by atoms with van der Waals surface area (Å²) in [7, 11) is 3.62. The number of benzene rings is 1. The van der Waals surface area contributed by atoms with Gasteiger partial charge < -0.3 is 14.4 Å². The lowest BCUT2D eigenvalue weighted by atomic mass is 10.1.